The van der Waals surface area contributed by atoms with Gasteiger partial charge in [-0.3, -0.25) is 4.79 Å². The van der Waals surface area contributed by atoms with Gasteiger partial charge in [0.15, 0.2) is 0 Å². The van der Waals surface area contributed by atoms with Gasteiger partial charge in [-0.05, 0) is 26.0 Å². The average molecular weight is 503 g/mol. The maximum absolute atomic E-state index is 12.7. The highest BCUT2D eigenvalue weighted by molar-refractivity contribution is 7.96. The summed E-state index contributed by atoms with van der Waals surface area (Å²) >= 11 is 1.58. The lowest BCUT2D eigenvalue weighted by Gasteiger charge is -2.39. The summed E-state index contributed by atoms with van der Waals surface area (Å²) in [7, 11) is 0. The highest BCUT2D eigenvalue weighted by Crippen LogP contribution is 2.36. The molecule has 33 heavy (non-hydrogen) atoms. The zero-order chi connectivity index (χ0) is 24.6. The van der Waals surface area contributed by atoms with E-state index in [2.05, 4.69) is 19.3 Å². The van der Waals surface area contributed by atoms with Gasteiger partial charge >= 0.3 is 18.4 Å². The fourth-order valence-electron chi connectivity index (χ4n) is 3.64. The molecule has 15 heteroatoms. The molecule has 0 aromatic carbocycles. The summed E-state index contributed by atoms with van der Waals surface area (Å²) in [5, 5.41) is 2.82. The van der Waals surface area contributed by atoms with Gasteiger partial charge in [0.25, 0.3) is 12.0 Å². The van der Waals surface area contributed by atoms with Crippen LogP contribution in [0, 0.1) is 0 Å². The first-order chi connectivity index (χ1) is 15.2. The number of carbonyl (C=O) groups is 2. The predicted molar refractivity (Wildman–Crippen MR) is 105 cm³/mol. The van der Waals surface area contributed by atoms with Crippen molar-refractivity contribution < 1.29 is 40.7 Å². The largest absolute Gasteiger partial charge is 0.434 e. The number of fused-ring (bicyclic) bond motifs is 1. The van der Waals surface area contributed by atoms with Gasteiger partial charge in [-0.2, -0.15) is 26.3 Å². The van der Waals surface area contributed by atoms with E-state index < -0.39 is 36.0 Å². The second kappa shape index (κ2) is 9.24. The number of carbonyl (C=O) groups excluding carboxylic acids is 2. The Bertz CT molecular complexity index is 868. The Hall–Kier alpha value is -2.16. The molecule has 0 aliphatic carbocycles. The summed E-state index contributed by atoms with van der Waals surface area (Å²) in [4.78, 5) is 29.8. The number of alkyl halides is 6. The molecular weight excluding hydrogens is 480 g/mol. The summed E-state index contributed by atoms with van der Waals surface area (Å²) in [5.74, 6) is 0.299. The van der Waals surface area contributed by atoms with E-state index in [0.29, 0.717) is 13.1 Å². The average Bonchev–Trinajstić information content (AvgIpc) is 3.14. The molecule has 0 unspecified atom stereocenters. The standard InChI is InChI=1S/C18H23F6N5O3S/c1-16(26-13(30)11-9-28-7-8-29(33-2)10-12(28)25-11)3-5-27(6-4-16)15(31)32-14(17(19,20)21)18(22,23)24/h9,14H,3-8,10H2,1-2H3,(H,26,30). The van der Waals surface area contributed by atoms with Gasteiger partial charge in [0, 0.05) is 37.9 Å². The zero-order valence-corrected chi connectivity index (χ0v) is 18.6. The van der Waals surface area contributed by atoms with Crippen molar-refractivity contribution in [1.29, 1.82) is 0 Å². The van der Waals surface area contributed by atoms with Crippen LogP contribution in [0.1, 0.15) is 36.1 Å². The van der Waals surface area contributed by atoms with Crippen molar-refractivity contribution in [2.75, 3.05) is 25.9 Å². The molecule has 1 aromatic heterocycles. The third kappa shape index (κ3) is 6.05. The highest BCUT2D eigenvalue weighted by Gasteiger charge is 2.60. The maximum Gasteiger partial charge on any atom is 0.434 e. The molecule has 1 N–H and O–H groups in total. The molecule has 2 aliphatic heterocycles. The Morgan fingerprint density at radius 2 is 1.73 bits per heavy atom. The van der Waals surface area contributed by atoms with E-state index in [1.54, 1.807) is 25.1 Å². The van der Waals surface area contributed by atoms with Crippen LogP contribution >= 0.6 is 11.9 Å². The lowest BCUT2D eigenvalue weighted by Crippen LogP contribution is -2.55. The summed E-state index contributed by atoms with van der Waals surface area (Å²) < 4.78 is 83.5. The first-order valence-electron chi connectivity index (χ1n) is 9.98. The number of nitrogens with one attached hydrogen (secondary N) is 1. The monoisotopic (exact) mass is 503 g/mol. The number of imidazole rings is 1. The molecule has 1 saturated heterocycles. The molecule has 2 aliphatic rings. The number of hydrogen-bond donors (Lipinski definition) is 1. The summed E-state index contributed by atoms with van der Waals surface area (Å²) in [5.41, 5.74) is -0.606. The molecule has 3 heterocycles. The van der Waals surface area contributed by atoms with Crippen LogP contribution < -0.4 is 5.32 Å². The Balaban J connectivity index is 1.57. The molecule has 0 bridgehead atoms. The first kappa shape index (κ1) is 25.5. The Morgan fingerprint density at radius 1 is 1.12 bits per heavy atom. The van der Waals surface area contributed by atoms with Crippen molar-refractivity contribution >= 4 is 23.9 Å². The molecule has 0 atom stereocenters. The van der Waals surface area contributed by atoms with Gasteiger partial charge in [0.05, 0.1) is 6.54 Å². The van der Waals surface area contributed by atoms with E-state index >= 15 is 0 Å². The molecule has 3 rings (SSSR count). The number of piperidine rings is 1. The molecule has 1 aromatic rings. The van der Waals surface area contributed by atoms with Crippen molar-refractivity contribution in [2.45, 2.75) is 56.9 Å². The number of rotatable bonds is 4. The molecule has 0 spiro atoms. The Labute approximate surface area is 189 Å². The fraction of sp³-hybridized carbons (Fsp3) is 0.722. The topological polar surface area (TPSA) is 79.7 Å². The van der Waals surface area contributed by atoms with Crippen LogP contribution in [0.25, 0.3) is 0 Å². The molecule has 8 nitrogen and oxygen atoms in total. The van der Waals surface area contributed by atoms with E-state index in [1.165, 1.54) is 0 Å². The van der Waals surface area contributed by atoms with Crippen molar-refractivity contribution in [1.82, 2.24) is 24.1 Å². The lowest BCUT2D eigenvalue weighted by molar-refractivity contribution is -0.308. The van der Waals surface area contributed by atoms with Gasteiger partial charge < -0.3 is 19.5 Å². The Kier molecular flexibility index (Phi) is 7.13. The minimum Gasteiger partial charge on any atom is -0.426 e. The van der Waals surface area contributed by atoms with Gasteiger partial charge in [-0.25, -0.2) is 14.1 Å². The van der Waals surface area contributed by atoms with Crippen LogP contribution in [0.15, 0.2) is 6.20 Å². The maximum atomic E-state index is 12.7. The van der Waals surface area contributed by atoms with Crippen molar-refractivity contribution in [3.63, 3.8) is 0 Å². The number of likely N-dealkylation sites (tertiary alicyclic amines) is 1. The van der Waals surface area contributed by atoms with Crippen LogP contribution in [-0.4, -0.2) is 80.6 Å². The van der Waals surface area contributed by atoms with E-state index in [0.717, 1.165) is 17.3 Å². The highest BCUT2D eigenvalue weighted by atomic mass is 32.2. The molecule has 0 radical (unpaired) electrons. The minimum absolute atomic E-state index is 0.115. The molecule has 0 saturated carbocycles. The van der Waals surface area contributed by atoms with E-state index in [-0.39, 0.29) is 31.6 Å². The van der Waals surface area contributed by atoms with Crippen molar-refractivity contribution in [2.24, 2.45) is 0 Å². The fourth-order valence-corrected chi connectivity index (χ4v) is 4.14. The summed E-state index contributed by atoms with van der Waals surface area (Å²) in [6.45, 7) is 3.40. The Morgan fingerprint density at radius 3 is 2.27 bits per heavy atom. The third-order valence-electron chi connectivity index (χ3n) is 5.61. The van der Waals surface area contributed by atoms with Gasteiger partial charge in [0.1, 0.15) is 11.5 Å². The minimum atomic E-state index is -5.78. The SMILES string of the molecule is CSN1CCn2cc(C(=O)NC3(C)CCN(C(=O)OC(C(F)(F)F)C(F)(F)F)CC3)nc2C1. The molecule has 2 amide bonds. The number of halogens is 6. The summed E-state index contributed by atoms with van der Waals surface area (Å²) in [6, 6.07) is 0. The quantitative estimate of drug-likeness (QED) is 0.502. The molecular formula is C18H23F6N5O3S. The van der Waals surface area contributed by atoms with Crippen LogP contribution in [0.5, 0.6) is 0 Å². The number of hydrogen-bond acceptors (Lipinski definition) is 6. The molecule has 1 fully saturated rings. The van der Waals surface area contributed by atoms with Crippen molar-refractivity contribution in [3.8, 4) is 0 Å². The van der Waals surface area contributed by atoms with E-state index in [4.69, 9.17) is 0 Å². The second-order valence-corrected chi connectivity index (χ2v) is 9.01. The number of ether oxygens (including phenoxy) is 1. The predicted octanol–water partition coefficient (Wildman–Crippen LogP) is 3.19. The van der Waals surface area contributed by atoms with Crippen molar-refractivity contribution in [3.05, 3.63) is 17.7 Å². The number of nitrogens with zero attached hydrogens (tertiary/aromatic N) is 4. The number of amides is 2. The van der Waals surface area contributed by atoms with Gasteiger partial charge in [0.2, 0.25) is 0 Å². The van der Waals surface area contributed by atoms with Gasteiger partial charge in [-0.15, -0.1) is 0 Å². The molecule has 186 valence electrons. The van der Waals surface area contributed by atoms with E-state index in [9.17, 15) is 35.9 Å². The van der Waals surface area contributed by atoms with Gasteiger partial charge in [-0.1, -0.05) is 11.9 Å². The lowest BCUT2D eigenvalue weighted by atomic mass is 9.89. The summed E-state index contributed by atoms with van der Waals surface area (Å²) in [6.07, 6.45) is -13.6. The normalized spacial score (nSPS) is 19.4. The van der Waals surface area contributed by atoms with Crippen LogP contribution in [-0.2, 0) is 17.8 Å². The van der Waals surface area contributed by atoms with Crippen LogP contribution in [0.4, 0.5) is 31.1 Å². The number of aromatic nitrogens is 2. The smallest absolute Gasteiger partial charge is 0.426 e. The zero-order valence-electron chi connectivity index (χ0n) is 17.8. The first-order valence-corrected chi connectivity index (χ1v) is 11.2. The van der Waals surface area contributed by atoms with Crippen LogP contribution in [0.2, 0.25) is 0 Å². The van der Waals surface area contributed by atoms with Crippen LogP contribution in [0.3, 0.4) is 0 Å². The van der Waals surface area contributed by atoms with E-state index in [1.807, 2.05) is 10.8 Å². The third-order valence-corrected chi connectivity index (χ3v) is 6.44. The second-order valence-electron chi connectivity index (χ2n) is 8.13.